The number of carbonyl (C=O) groups excluding carboxylic acids is 2. The molecule has 8 atom stereocenters. The van der Waals surface area contributed by atoms with E-state index >= 15 is 0 Å². The number of halogens is 1. The lowest BCUT2D eigenvalue weighted by atomic mass is 9.44. The average molecular weight is 409 g/mol. The van der Waals surface area contributed by atoms with E-state index in [1.54, 1.807) is 6.92 Å². The summed E-state index contributed by atoms with van der Waals surface area (Å²) in [5.74, 6) is 1.28. The third-order valence-corrected chi connectivity index (χ3v) is 9.12. The van der Waals surface area contributed by atoms with Crippen molar-refractivity contribution in [3.63, 3.8) is 0 Å². The van der Waals surface area contributed by atoms with E-state index in [0.29, 0.717) is 24.2 Å². The predicted octanol–water partition coefficient (Wildman–Crippen LogP) is 4.28. The molecule has 4 nitrogen and oxygen atoms in total. The van der Waals surface area contributed by atoms with Gasteiger partial charge in [-0.05, 0) is 80.6 Å². The van der Waals surface area contributed by atoms with Gasteiger partial charge in [-0.3, -0.25) is 9.59 Å². The zero-order valence-corrected chi connectivity index (χ0v) is 18.0. The number of alkyl halides is 1. The van der Waals surface area contributed by atoms with Crippen molar-refractivity contribution in [2.45, 2.75) is 77.9 Å². The van der Waals surface area contributed by atoms with Gasteiger partial charge in [0.25, 0.3) is 0 Å². The predicted molar refractivity (Wildman–Crippen MR) is 108 cm³/mol. The van der Waals surface area contributed by atoms with Gasteiger partial charge < -0.3 is 9.84 Å². The number of carbonyl (C=O) groups is 2. The standard InChI is InChI=1S/C23H33ClO4/c1-13(25)17-6-7-18-16-5-4-14-10-15(26)8-9-22(14,2)21(16)19(11-23(17,18)3)28-20(27)12-24/h6,14-16,18-19,21,26H,4-5,7-12H2,1-3H3/t14?,15?,16-,18-,19?,21+,22-,23+/m0/s1. The summed E-state index contributed by atoms with van der Waals surface area (Å²) >= 11 is 5.79. The molecule has 0 aromatic carbocycles. The van der Waals surface area contributed by atoms with Crippen molar-refractivity contribution < 1.29 is 19.4 Å². The summed E-state index contributed by atoms with van der Waals surface area (Å²) in [6.45, 7) is 6.22. The van der Waals surface area contributed by atoms with Crippen LogP contribution in [0, 0.1) is 34.5 Å². The highest BCUT2D eigenvalue weighted by atomic mass is 35.5. The number of hydrogen-bond acceptors (Lipinski definition) is 4. The normalized spacial score (nSPS) is 47.4. The monoisotopic (exact) mass is 408 g/mol. The van der Waals surface area contributed by atoms with E-state index in [9.17, 15) is 14.7 Å². The maximum absolute atomic E-state index is 12.4. The molecule has 156 valence electrons. The van der Waals surface area contributed by atoms with Crippen LogP contribution in [-0.4, -0.2) is 34.9 Å². The van der Waals surface area contributed by atoms with Crippen LogP contribution >= 0.6 is 11.6 Å². The molecule has 0 amide bonds. The molecule has 28 heavy (non-hydrogen) atoms. The Morgan fingerprint density at radius 3 is 2.71 bits per heavy atom. The van der Waals surface area contributed by atoms with Gasteiger partial charge in [-0.25, -0.2) is 0 Å². The van der Waals surface area contributed by atoms with Gasteiger partial charge in [-0.1, -0.05) is 19.9 Å². The SMILES string of the molecule is CC(=O)C1=CC[C@H]2[C@@H]3CCC4CC(O)CC[C@]4(C)[C@H]3C(OC(=O)CCl)C[C@]12C. The summed E-state index contributed by atoms with van der Waals surface area (Å²) in [6.07, 6.45) is 8.26. The number of aliphatic hydroxyl groups is 1. The Morgan fingerprint density at radius 2 is 2.04 bits per heavy atom. The van der Waals surface area contributed by atoms with Gasteiger partial charge >= 0.3 is 5.97 Å². The highest BCUT2D eigenvalue weighted by Gasteiger charge is 2.63. The van der Waals surface area contributed by atoms with Crippen LogP contribution in [0.25, 0.3) is 0 Å². The number of ether oxygens (including phenoxy) is 1. The molecule has 0 spiro atoms. The second-order valence-corrected chi connectivity index (χ2v) is 10.5. The van der Waals surface area contributed by atoms with Crippen molar-refractivity contribution in [3.8, 4) is 0 Å². The van der Waals surface area contributed by atoms with E-state index in [0.717, 1.165) is 44.1 Å². The number of rotatable bonds is 3. The highest BCUT2D eigenvalue weighted by molar-refractivity contribution is 6.26. The number of ketones is 1. The first-order valence-corrected chi connectivity index (χ1v) is 11.4. The van der Waals surface area contributed by atoms with Gasteiger partial charge in [0.15, 0.2) is 5.78 Å². The minimum absolute atomic E-state index is 0.0692. The van der Waals surface area contributed by atoms with E-state index in [4.69, 9.17) is 16.3 Å². The van der Waals surface area contributed by atoms with E-state index in [-0.39, 0.29) is 46.6 Å². The minimum Gasteiger partial charge on any atom is -0.461 e. The van der Waals surface area contributed by atoms with Crippen LogP contribution in [0.4, 0.5) is 0 Å². The Hall–Kier alpha value is -0.870. The molecule has 0 aromatic heterocycles. The third-order valence-electron chi connectivity index (χ3n) is 8.90. The Kier molecular flexibility index (Phi) is 5.19. The van der Waals surface area contributed by atoms with Gasteiger partial charge in [-0.15, -0.1) is 11.6 Å². The maximum atomic E-state index is 12.4. The Morgan fingerprint density at radius 1 is 1.29 bits per heavy atom. The van der Waals surface area contributed by atoms with Crippen molar-refractivity contribution in [2.24, 2.45) is 34.5 Å². The molecule has 3 fully saturated rings. The molecule has 0 bridgehead atoms. The largest absolute Gasteiger partial charge is 0.461 e. The summed E-state index contributed by atoms with van der Waals surface area (Å²) in [6, 6.07) is 0. The first kappa shape index (κ1) is 20.4. The van der Waals surface area contributed by atoms with Gasteiger partial charge in [0.05, 0.1) is 6.10 Å². The smallest absolute Gasteiger partial charge is 0.321 e. The number of allylic oxidation sites excluding steroid dienone is 2. The number of fused-ring (bicyclic) bond motifs is 5. The third kappa shape index (κ3) is 2.98. The lowest BCUT2D eigenvalue weighted by molar-refractivity contribution is -0.191. The van der Waals surface area contributed by atoms with Crippen LogP contribution in [0.15, 0.2) is 11.6 Å². The van der Waals surface area contributed by atoms with Gasteiger partial charge in [-0.2, -0.15) is 0 Å². The van der Waals surface area contributed by atoms with Gasteiger partial charge in [0.2, 0.25) is 0 Å². The Bertz CT molecular complexity index is 703. The quantitative estimate of drug-likeness (QED) is 0.559. The average Bonchev–Trinajstić information content (AvgIpc) is 2.98. The second-order valence-electron chi connectivity index (χ2n) is 10.2. The van der Waals surface area contributed by atoms with Crippen LogP contribution in [0.2, 0.25) is 0 Å². The lowest BCUT2D eigenvalue weighted by Gasteiger charge is -2.62. The van der Waals surface area contributed by atoms with Crippen molar-refractivity contribution in [1.82, 2.24) is 0 Å². The number of hydrogen-bond donors (Lipinski definition) is 1. The summed E-state index contributed by atoms with van der Waals surface area (Å²) in [5, 5.41) is 10.2. The molecule has 4 aliphatic carbocycles. The molecule has 3 unspecified atom stereocenters. The van der Waals surface area contributed by atoms with Gasteiger partial charge in [0.1, 0.15) is 12.0 Å². The van der Waals surface area contributed by atoms with Crippen molar-refractivity contribution in [2.75, 3.05) is 5.88 Å². The topological polar surface area (TPSA) is 63.6 Å². The first-order valence-electron chi connectivity index (χ1n) is 10.9. The van der Waals surface area contributed by atoms with Crippen LogP contribution in [0.5, 0.6) is 0 Å². The molecule has 4 rings (SSSR count). The molecule has 0 saturated heterocycles. The summed E-state index contributed by atoms with van der Waals surface area (Å²) < 4.78 is 5.98. The molecular formula is C23H33ClO4. The van der Waals surface area contributed by atoms with E-state index in [1.165, 1.54) is 0 Å². The summed E-state index contributed by atoms with van der Waals surface area (Å²) in [7, 11) is 0. The fourth-order valence-electron chi connectivity index (χ4n) is 7.75. The molecule has 0 radical (unpaired) electrons. The molecular weight excluding hydrogens is 376 g/mol. The van der Waals surface area contributed by atoms with Gasteiger partial charge in [0, 0.05) is 11.3 Å². The second kappa shape index (κ2) is 7.12. The lowest BCUT2D eigenvalue weighted by Crippen LogP contribution is -2.59. The van der Waals surface area contributed by atoms with Crippen molar-refractivity contribution >= 4 is 23.4 Å². The fourth-order valence-corrected chi connectivity index (χ4v) is 7.81. The molecule has 0 aromatic rings. The first-order chi connectivity index (χ1) is 13.2. The van der Waals surface area contributed by atoms with Crippen LogP contribution in [0.3, 0.4) is 0 Å². The zero-order chi connectivity index (χ0) is 20.3. The van der Waals surface area contributed by atoms with Crippen LogP contribution in [0.1, 0.15) is 65.7 Å². The van der Waals surface area contributed by atoms with E-state index in [2.05, 4.69) is 19.9 Å². The Balaban J connectivity index is 1.73. The minimum atomic E-state index is -0.361. The van der Waals surface area contributed by atoms with E-state index in [1.807, 2.05) is 0 Å². The van der Waals surface area contributed by atoms with E-state index < -0.39 is 0 Å². The Labute approximate surface area is 173 Å². The van der Waals surface area contributed by atoms with Crippen LogP contribution < -0.4 is 0 Å². The number of Topliss-reactive ketones (excluding diaryl/α,β-unsaturated/α-hetero) is 1. The molecule has 0 aliphatic heterocycles. The summed E-state index contributed by atoms with van der Waals surface area (Å²) in [5.41, 5.74) is 0.774. The number of esters is 1. The molecule has 3 saturated carbocycles. The maximum Gasteiger partial charge on any atom is 0.321 e. The zero-order valence-electron chi connectivity index (χ0n) is 17.2. The summed E-state index contributed by atoms with van der Waals surface area (Å²) in [4.78, 5) is 24.6. The fraction of sp³-hybridized carbons (Fsp3) is 0.826. The highest BCUT2D eigenvalue weighted by Crippen LogP contribution is 2.66. The van der Waals surface area contributed by atoms with Crippen molar-refractivity contribution in [3.05, 3.63) is 11.6 Å². The van der Waals surface area contributed by atoms with Crippen LogP contribution in [-0.2, 0) is 14.3 Å². The molecule has 4 aliphatic rings. The number of aliphatic hydroxyl groups excluding tert-OH is 1. The molecule has 0 heterocycles. The molecule has 5 heteroatoms. The van der Waals surface area contributed by atoms with Crippen molar-refractivity contribution in [1.29, 1.82) is 0 Å². The molecule has 1 N–H and O–H groups in total.